The molecule has 0 spiro atoms. The number of rotatable bonds is 3. The van der Waals surface area contributed by atoms with Crippen LogP contribution in [0.25, 0.3) is 0 Å². The van der Waals surface area contributed by atoms with E-state index in [0.717, 1.165) is 31.1 Å². The van der Waals surface area contributed by atoms with E-state index >= 15 is 0 Å². The van der Waals surface area contributed by atoms with Gasteiger partial charge >= 0.3 is 0 Å². The molecule has 2 aromatic rings. The highest BCUT2D eigenvalue weighted by molar-refractivity contribution is 6.30. The molecule has 0 radical (unpaired) electrons. The van der Waals surface area contributed by atoms with Gasteiger partial charge in [0, 0.05) is 30.7 Å². The highest BCUT2D eigenvalue weighted by Crippen LogP contribution is 2.28. The summed E-state index contributed by atoms with van der Waals surface area (Å²) in [6.07, 6.45) is 1.03. The summed E-state index contributed by atoms with van der Waals surface area (Å²) >= 11 is 6.14. The maximum Gasteiger partial charge on any atom is 0.0408 e. The first-order valence-electron chi connectivity index (χ1n) is 7.89. The zero-order valence-corrected chi connectivity index (χ0v) is 13.8. The number of hydrogen-bond acceptors (Lipinski definition) is 2. The normalized spacial score (nSPS) is 22.7. The minimum Gasteiger partial charge on any atom is -0.327 e. The van der Waals surface area contributed by atoms with Crippen molar-refractivity contribution in [1.82, 2.24) is 4.90 Å². The fourth-order valence-corrected chi connectivity index (χ4v) is 3.51. The van der Waals surface area contributed by atoms with Crippen LogP contribution in [0.2, 0.25) is 5.02 Å². The number of aryl methyl sites for hydroxylation is 1. The standard InChI is InChI=1S/C19H23ClN2/c1-14-5-7-15(8-6-14)11-22-12-17(10-19(21)13-22)16-3-2-4-18(20)9-16/h2-9,17,19H,10-13,21H2,1H3. The van der Waals surface area contributed by atoms with Crippen LogP contribution in [0.5, 0.6) is 0 Å². The predicted molar refractivity (Wildman–Crippen MR) is 93.2 cm³/mol. The molecule has 0 bridgehead atoms. The van der Waals surface area contributed by atoms with Crippen molar-refractivity contribution in [3.8, 4) is 0 Å². The van der Waals surface area contributed by atoms with E-state index in [1.165, 1.54) is 16.7 Å². The molecule has 1 fully saturated rings. The number of piperidine rings is 1. The van der Waals surface area contributed by atoms with Gasteiger partial charge in [0.05, 0.1) is 0 Å². The third-order valence-electron chi connectivity index (χ3n) is 4.41. The highest BCUT2D eigenvalue weighted by Gasteiger charge is 2.26. The van der Waals surface area contributed by atoms with Crippen LogP contribution in [0.1, 0.15) is 29.0 Å². The second-order valence-electron chi connectivity index (χ2n) is 6.43. The minimum absolute atomic E-state index is 0.225. The van der Waals surface area contributed by atoms with Gasteiger partial charge in [-0.15, -0.1) is 0 Å². The van der Waals surface area contributed by atoms with Gasteiger partial charge in [-0.1, -0.05) is 53.6 Å². The molecule has 22 heavy (non-hydrogen) atoms. The Labute approximate surface area is 137 Å². The summed E-state index contributed by atoms with van der Waals surface area (Å²) in [6, 6.07) is 17.2. The molecule has 0 amide bonds. The molecular formula is C19H23ClN2. The first kappa shape index (κ1) is 15.5. The summed E-state index contributed by atoms with van der Waals surface area (Å²) in [5, 5.41) is 0.807. The SMILES string of the molecule is Cc1ccc(CN2CC(N)CC(c3cccc(Cl)c3)C2)cc1. The van der Waals surface area contributed by atoms with Gasteiger partial charge in [-0.3, -0.25) is 4.90 Å². The molecule has 1 aliphatic rings. The lowest BCUT2D eigenvalue weighted by atomic mass is 9.88. The summed E-state index contributed by atoms with van der Waals surface area (Å²) in [4.78, 5) is 2.46. The summed E-state index contributed by atoms with van der Waals surface area (Å²) in [6.45, 7) is 5.09. The molecule has 2 nitrogen and oxygen atoms in total. The van der Waals surface area contributed by atoms with E-state index in [-0.39, 0.29) is 6.04 Å². The van der Waals surface area contributed by atoms with Crippen LogP contribution in [0, 0.1) is 6.92 Å². The lowest BCUT2D eigenvalue weighted by Gasteiger charge is -2.36. The van der Waals surface area contributed by atoms with Crippen LogP contribution >= 0.6 is 11.6 Å². The first-order chi connectivity index (χ1) is 10.6. The molecule has 2 aromatic carbocycles. The monoisotopic (exact) mass is 314 g/mol. The lowest BCUT2D eigenvalue weighted by Crippen LogP contribution is -2.45. The van der Waals surface area contributed by atoms with Crippen molar-refractivity contribution in [1.29, 1.82) is 0 Å². The van der Waals surface area contributed by atoms with Crippen LogP contribution in [0.4, 0.5) is 0 Å². The average molecular weight is 315 g/mol. The van der Waals surface area contributed by atoms with Crippen molar-refractivity contribution < 1.29 is 0 Å². The quantitative estimate of drug-likeness (QED) is 0.929. The van der Waals surface area contributed by atoms with Crippen LogP contribution in [-0.2, 0) is 6.54 Å². The second kappa shape index (κ2) is 6.82. The summed E-state index contributed by atoms with van der Waals surface area (Å²) < 4.78 is 0. The fourth-order valence-electron chi connectivity index (χ4n) is 3.32. The van der Waals surface area contributed by atoms with Crippen molar-refractivity contribution in [2.45, 2.75) is 31.8 Å². The number of hydrogen-bond donors (Lipinski definition) is 1. The molecule has 3 rings (SSSR count). The molecule has 2 unspecified atom stereocenters. The lowest BCUT2D eigenvalue weighted by molar-refractivity contribution is 0.181. The van der Waals surface area contributed by atoms with Crippen LogP contribution in [0.15, 0.2) is 48.5 Å². The van der Waals surface area contributed by atoms with Gasteiger partial charge in [0.15, 0.2) is 0 Å². The maximum absolute atomic E-state index is 6.29. The number of nitrogens with zero attached hydrogens (tertiary/aromatic N) is 1. The Kier molecular flexibility index (Phi) is 4.82. The van der Waals surface area contributed by atoms with Gasteiger partial charge in [-0.05, 0) is 42.5 Å². The molecule has 0 saturated carbocycles. The van der Waals surface area contributed by atoms with E-state index in [4.69, 9.17) is 17.3 Å². The Morgan fingerprint density at radius 3 is 2.64 bits per heavy atom. The van der Waals surface area contributed by atoms with Crippen LogP contribution < -0.4 is 5.73 Å². The predicted octanol–water partition coefficient (Wildman–Crippen LogP) is 3.97. The number of halogens is 1. The smallest absolute Gasteiger partial charge is 0.0408 e. The number of likely N-dealkylation sites (tertiary alicyclic amines) is 1. The van der Waals surface area contributed by atoms with Crippen LogP contribution in [-0.4, -0.2) is 24.0 Å². The maximum atomic E-state index is 6.29. The third-order valence-corrected chi connectivity index (χ3v) is 4.64. The highest BCUT2D eigenvalue weighted by atomic mass is 35.5. The summed E-state index contributed by atoms with van der Waals surface area (Å²) in [5.74, 6) is 0.466. The van der Waals surface area contributed by atoms with E-state index < -0.39 is 0 Å². The number of nitrogens with two attached hydrogens (primary N) is 1. The fraction of sp³-hybridized carbons (Fsp3) is 0.368. The van der Waals surface area contributed by atoms with Gasteiger partial charge in [0.1, 0.15) is 0 Å². The molecule has 1 saturated heterocycles. The van der Waals surface area contributed by atoms with E-state index in [1.807, 2.05) is 12.1 Å². The molecule has 2 N–H and O–H groups in total. The van der Waals surface area contributed by atoms with Crippen molar-refractivity contribution in [3.05, 3.63) is 70.2 Å². The topological polar surface area (TPSA) is 29.3 Å². The largest absolute Gasteiger partial charge is 0.327 e. The zero-order chi connectivity index (χ0) is 15.5. The Morgan fingerprint density at radius 1 is 1.14 bits per heavy atom. The average Bonchev–Trinajstić information content (AvgIpc) is 2.49. The van der Waals surface area contributed by atoms with E-state index in [0.29, 0.717) is 5.92 Å². The van der Waals surface area contributed by atoms with Gasteiger partial charge in [-0.2, -0.15) is 0 Å². The van der Waals surface area contributed by atoms with Gasteiger partial charge in [0.2, 0.25) is 0 Å². The zero-order valence-electron chi connectivity index (χ0n) is 13.0. The van der Waals surface area contributed by atoms with Crippen molar-refractivity contribution >= 4 is 11.6 Å². The Morgan fingerprint density at radius 2 is 1.91 bits per heavy atom. The third kappa shape index (κ3) is 3.89. The molecule has 0 aliphatic carbocycles. The van der Waals surface area contributed by atoms with Crippen LogP contribution in [0.3, 0.4) is 0 Å². The Hall–Kier alpha value is -1.35. The molecule has 3 heteroatoms. The van der Waals surface area contributed by atoms with E-state index in [1.54, 1.807) is 0 Å². The Bertz CT molecular complexity index is 624. The van der Waals surface area contributed by atoms with Gasteiger partial charge in [0.25, 0.3) is 0 Å². The summed E-state index contributed by atoms with van der Waals surface area (Å²) in [5.41, 5.74) is 10.2. The minimum atomic E-state index is 0.225. The van der Waals surface area contributed by atoms with Gasteiger partial charge < -0.3 is 5.73 Å². The molecule has 1 heterocycles. The van der Waals surface area contributed by atoms with Crippen molar-refractivity contribution in [2.24, 2.45) is 5.73 Å². The molecule has 116 valence electrons. The summed E-state index contributed by atoms with van der Waals surface area (Å²) in [7, 11) is 0. The van der Waals surface area contributed by atoms with Crippen molar-refractivity contribution in [3.63, 3.8) is 0 Å². The van der Waals surface area contributed by atoms with E-state index in [2.05, 4.69) is 48.2 Å². The van der Waals surface area contributed by atoms with E-state index in [9.17, 15) is 0 Å². The first-order valence-corrected chi connectivity index (χ1v) is 8.27. The molecule has 1 aliphatic heterocycles. The molecular weight excluding hydrogens is 292 g/mol. The van der Waals surface area contributed by atoms with Gasteiger partial charge in [-0.25, -0.2) is 0 Å². The second-order valence-corrected chi connectivity index (χ2v) is 6.86. The molecule has 2 atom stereocenters. The number of benzene rings is 2. The van der Waals surface area contributed by atoms with Crippen molar-refractivity contribution in [2.75, 3.05) is 13.1 Å². The Balaban J connectivity index is 1.72. The molecule has 0 aromatic heterocycles.